The molecule has 0 radical (unpaired) electrons. The summed E-state index contributed by atoms with van der Waals surface area (Å²) >= 11 is 0. The molecule has 0 atom stereocenters. The van der Waals surface area contributed by atoms with Crippen LogP contribution in [-0.2, 0) is 11.3 Å². The van der Waals surface area contributed by atoms with Crippen molar-refractivity contribution in [3.05, 3.63) is 41.7 Å². The average molecular weight is 355 g/mol. The molecule has 0 saturated carbocycles. The van der Waals surface area contributed by atoms with E-state index in [1.54, 1.807) is 12.3 Å². The summed E-state index contributed by atoms with van der Waals surface area (Å²) in [6.45, 7) is 4.95. The molecule has 2 aliphatic rings. The highest BCUT2D eigenvalue weighted by Crippen LogP contribution is 2.17. The van der Waals surface area contributed by atoms with Crippen molar-refractivity contribution in [2.45, 2.75) is 45.1 Å². The maximum absolute atomic E-state index is 11.3. The van der Waals surface area contributed by atoms with Crippen molar-refractivity contribution in [1.82, 2.24) is 10.2 Å². The van der Waals surface area contributed by atoms with E-state index in [0.717, 1.165) is 31.7 Å². The maximum atomic E-state index is 11.3. The number of likely N-dealkylation sites (tertiary alicyclic amines) is 1. The van der Waals surface area contributed by atoms with Gasteiger partial charge in [0.2, 0.25) is 0 Å². The number of carbonyl (C=O) groups is 1. The Hall–Kier alpha value is -2.14. The monoisotopic (exact) mass is 355 g/mol. The van der Waals surface area contributed by atoms with Gasteiger partial charge in [0.1, 0.15) is 11.6 Å². The zero-order valence-corrected chi connectivity index (χ0v) is 15.5. The Morgan fingerprint density at radius 3 is 2.88 bits per heavy atom. The molecule has 1 aromatic carbocycles. The van der Waals surface area contributed by atoms with Crippen LogP contribution in [0, 0.1) is 0 Å². The third kappa shape index (κ3) is 6.30. The summed E-state index contributed by atoms with van der Waals surface area (Å²) in [7, 11) is 0. The molecular formula is C21H29N3O2. The SMILES string of the molecule is O=C1C=C(NCCCCOc2cccc(CN3CCCCC3)c2)N=CC1. The molecule has 1 saturated heterocycles. The Kier molecular flexibility index (Phi) is 7.25. The second-order valence-electron chi connectivity index (χ2n) is 6.98. The number of allylic oxidation sites excluding steroid dienone is 1. The lowest BCUT2D eigenvalue weighted by atomic mass is 10.1. The zero-order chi connectivity index (χ0) is 18.0. The first-order valence-electron chi connectivity index (χ1n) is 9.75. The second-order valence-corrected chi connectivity index (χ2v) is 6.98. The highest BCUT2D eigenvalue weighted by atomic mass is 16.5. The fourth-order valence-electron chi connectivity index (χ4n) is 3.32. The number of piperidine rings is 1. The van der Waals surface area contributed by atoms with E-state index in [4.69, 9.17) is 4.74 Å². The molecule has 0 aliphatic carbocycles. The molecule has 5 nitrogen and oxygen atoms in total. The molecule has 140 valence electrons. The number of benzene rings is 1. The minimum Gasteiger partial charge on any atom is -0.494 e. The molecule has 1 aromatic rings. The number of rotatable bonds is 9. The van der Waals surface area contributed by atoms with Gasteiger partial charge >= 0.3 is 0 Å². The lowest BCUT2D eigenvalue weighted by molar-refractivity contribution is -0.113. The minimum atomic E-state index is 0.107. The van der Waals surface area contributed by atoms with Crippen molar-refractivity contribution in [2.75, 3.05) is 26.2 Å². The van der Waals surface area contributed by atoms with Crippen LogP contribution in [0.15, 0.2) is 41.2 Å². The Morgan fingerprint density at radius 2 is 2.04 bits per heavy atom. The predicted molar refractivity (Wildman–Crippen MR) is 105 cm³/mol. The van der Waals surface area contributed by atoms with E-state index in [1.165, 1.54) is 37.9 Å². The van der Waals surface area contributed by atoms with E-state index in [0.29, 0.717) is 18.8 Å². The summed E-state index contributed by atoms with van der Waals surface area (Å²) < 4.78 is 5.90. The number of carbonyl (C=O) groups excluding carboxylic acids is 1. The molecule has 0 aromatic heterocycles. The number of unbranched alkanes of at least 4 members (excludes halogenated alkanes) is 1. The van der Waals surface area contributed by atoms with Crippen LogP contribution in [0.25, 0.3) is 0 Å². The molecule has 0 unspecified atom stereocenters. The lowest BCUT2D eigenvalue weighted by Gasteiger charge is -2.26. The minimum absolute atomic E-state index is 0.107. The van der Waals surface area contributed by atoms with Crippen LogP contribution in [0.5, 0.6) is 5.75 Å². The van der Waals surface area contributed by atoms with Crippen molar-refractivity contribution in [1.29, 1.82) is 0 Å². The Balaban J connectivity index is 1.32. The molecule has 2 heterocycles. The van der Waals surface area contributed by atoms with Gasteiger partial charge in [0.15, 0.2) is 5.78 Å². The zero-order valence-electron chi connectivity index (χ0n) is 15.5. The Bertz CT molecular complexity index is 648. The lowest BCUT2D eigenvalue weighted by Crippen LogP contribution is -2.29. The van der Waals surface area contributed by atoms with E-state index in [2.05, 4.69) is 33.4 Å². The molecule has 1 fully saturated rings. The van der Waals surface area contributed by atoms with Gasteiger partial charge in [-0.1, -0.05) is 18.6 Å². The van der Waals surface area contributed by atoms with E-state index in [-0.39, 0.29) is 5.78 Å². The third-order valence-corrected chi connectivity index (χ3v) is 4.72. The summed E-state index contributed by atoms with van der Waals surface area (Å²) in [4.78, 5) is 18.0. The van der Waals surface area contributed by atoms with E-state index in [9.17, 15) is 4.79 Å². The normalized spacial score (nSPS) is 17.8. The van der Waals surface area contributed by atoms with Gasteiger partial charge in [-0.05, 0) is 56.5 Å². The van der Waals surface area contributed by atoms with E-state index >= 15 is 0 Å². The summed E-state index contributed by atoms with van der Waals surface area (Å²) in [5, 5.41) is 3.19. The second kappa shape index (κ2) is 10.1. The highest BCUT2D eigenvalue weighted by Gasteiger charge is 2.10. The largest absolute Gasteiger partial charge is 0.494 e. The molecule has 26 heavy (non-hydrogen) atoms. The van der Waals surface area contributed by atoms with Gasteiger partial charge in [-0.2, -0.15) is 0 Å². The first kappa shape index (κ1) is 18.6. The van der Waals surface area contributed by atoms with Crippen LogP contribution in [0.3, 0.4) is 0 Å². The Labute approximate surface area is 156 Å². The number of ether oxygens (including phenoxy) is 1. The van der Waals surface area contributed by atoms with E-state index < -0.39 is 0 Å². The van der Waals surface area contributed by atoms with Crippen LogP contribution in [-0.4, -0.2) is 43.1 Å². The average Bonchev–Trinajstić information content (AvgIpc) is 2.66. The van der Waals surface area contributed by atoms with Crippen LogP contribution in [0.4, 0.5) is 0 Å². The number of ketones is 1. The van der Waals surface area contributed by atoms with Crippen LogP contribution >= 0.6 is 0 Å². The quantitative estimate of drug-likeness (QED) is 0.691. The summed E-state index contributed by atoms with van der Waals surface area (Å²) in [5.41, 5.74) is 1.33. The summed E-state index contributed by atoms with van der Waals surface area (Å²) in [5.74, 6) is 1.74. The van der Waals surface area contributed by atoms with Gasteiger partial charge in [0.25, 0.3) is 0 Å². The molecule has 0 spiro atoms. The molecule has 2 aliphatic heterocycles. The van der Waals surface area contributed by atoms with Gasteiger partial charge in [-0.3, -0.25) is 9.69 Å². The Morgan fingerprint density at radius 1 is 1.15 bits per heavy atom. The predicted octanol–water partition coefficient (Wildman–Crippen LogP) is 3.31. The smallest absolute Gasteiger partial charge is 0.164 e. The topological polar surface area (TPSA) is 53.9 Å². The van der Waals surface area contributed by atoms with Crippen LogP contribution in [0.2, 0.25) is 0 Å². The van der Waals surface area contributed by atoms with Gasteiger partial charge in [-0.25, -0.2) is 4.99 Å². The third-order valence-electron chi connectivity index (χ3n) is 4.72. The molecule has 1 N–H and O–H groups in total. The number of nitrogens with zero attached hydrogens (tertiary/aromatic N) is 2. The highest BCUT2D eigenvalue weighted by molar-refractivity contribution is 6.01. The molecule has 5 heteroatoms. The fraction of sp³-hybridized carbons (Fsp3) is 0.524. The number of hydrogen-bond donors (Lipinski definition) is 1. The van der Waals surface area contributed by atoms with Crippen LogP contribution in [0.1, 0.15) is 44.1 Å². The van der Waals surface area contributed by atoms with Crippen molar-refractivity contribution < 1.29 is 9.53 Å². The molecule has 0 amide bonds. The summed E-state index contributed by atoms with van der Waals surface area (Å²) in [6, 6.07) is 8.47. The number of nitrogens with one attached hydrogen (secondary N) is 1. The first-order chi connectivity index (χ1) is 12.8. The van der Waals surface area contributed by atoms with E-state index in [1.807, 2.05) is 6.07 Å². The van der Waals surface area contributed by atoms with Crippen molar-refractivity contribution >= 4 is 12.0 Å². The number of aliphatic imine (C=N–C) groups is 1. The van der Waals surface area contributed by atoms with Crippen molar-refractivity contribution in [3.63, 3.8) is 0 Å². The fourth-order valence-corrected chi connectivity index (χ4v) is 3.32. The van der Waals surface area contributed by atoms with Gasteiger partial charge in [0, 0.05) is 31.8 Å². The molecule has 0 bridgehead atoms. The van der Waals surface area contributed by atoms with Gasteiger partial charge in [0.05, 0.1) is 6.61 Å². The molecule has 3 rings (SSSR count). The van der Waals surface area contributed by atoms with Gasteiger partial charge < -0.3 is 10.1 Å². The van der Waals surface area contributed by atoms with Crippen LogP contribution < -0.4 is 10.1 Å². The molecular weight excluding hydrogens is 326 g/mol. The first-order valence-corrected chi connectivity index (χ1v) is 9.75. The summed E-state index contributed by atoms with van der Waals surface area (Å²) in [6.07, 6.45) is 9.60. The van der Waals surface area contributed by atoms with Gasteiger partial charge in [-0.15, -0.1) is 0 Å². The standard InChI is InChI=1S/C21H29N3O2/c25-19-9-11-23-21(16-19)22-10-2-5-14-26-20-8-6-7-18(15-20)17-24-12-3-1-4-13-24/h6-8,11,15-16,22H,1-5,9-10,12-14,17H2. The van der Waals surface area contributed by atoms with Crippen molar-refractivity contribution in [3.8, 4) is 5.75 Å². The van der Waals surface area contributed by atoms with Crippen molar-refractivity contribution in [2.24, 2.45) is 4.99 Å². The maximum Gasteiger partial charge on any atom is 0.164 e. The number of hydrogen-bond acceptors (Lipinski definition) is 5.